The summed E-state index contributed by atoms with van der Waals surface area (Å²) in [5.74, 6) is -0.576. The number of halogens is 1. The van der Waals surface area contributed by atoms with E-state index in [1.54, 1.807) is 25.3 Å². The molecular weight excluding hydrogens is 338 g/mol. The second kappa shape index (κ2) is 7.45. The van der Waals surface area contributed by atoms with Gasteiger partial charge in [-0.15, -0.1) is 0 Å². The molecule has 1 amide bonds. The lowest BCUT2D eigenvalue weighted by Crippen LogP contribution is -2.49. The van der Waals surface area contributed by atoms with Crippen LogP contribution in [0.15, 0.2) is 22.7 Å². The fourth-order valence-electron chi connectivity index (χ4n) is 2.13. The fraction of sp³-hybridized carbons (Fsp3) is 0.467. The molecule has 116 valence electrons. The van der Waals surface area contributed by atoms with Crippen molar-refractivity contribution in [2.45, 2.75) is 38.6 Å². The first-order chi connectivity index (χ1) is 9.87. The van der Waals surface area contributed by atoms with Crippen LogP contribution in [0.4, 0.5) is 0 Å². The Morgan fingerprint density at radius 1 is 1.33 bits per heavy atom. The number of carbonyl (C=O) groups is 2. The monoisotopic (exact) mass is 357 g/mol. The zero-order chi connectivity index (χ0) is 16.0. The number of rotatable bonds is 7. The number of aliphatic carboxylic acids is 1. The van der Waals surface area contributed by atoms with Gasteiger partial charge in [0.05, 0.1) is 23.5 Å². The Labute approximate surface area is 132 Å². The molecule has 1 aromatic carbocycles. The van der Waals surface area contributed by atoms with Crippen LogP contribution in [-0.4, -0.2) is 29.6 Å². The molecule has 1 aromatic rings. The van der Waals surface area contributed by atoms with Gasteiger partial charge in [0.15, 0.2) is 0 Å². The molecule has 0 spiro atoms. The summed E-state index contributed by atoms with van der Waals surface area (Å²) in [5.41, 5.74) is -0.269. The summed E-state index contributed by atoms with van der Waals surface area (Å²) in [6.07, 6.45) is 1.01. The first kappa shape index (κ1) is 17.5. The van der Waals surface area contributed by atoms with Crippen LogP contribution in [-0.2, 0) is 4.79 Å². The van der Waals surface area contributed by atoms with Gasteiger partial charge < -0.3 is 15.2 Å². The second-order valence-electron chi connectivity index (χ2n) is 4.86. The van der Waals surface area contributed by atoms with Crippen LogP contribution in [0.2, 0.25) is 0 Å². The van der Waals surface area contributed by atoms with E-state index < -0.39 is 11.5 Å². The van der Waals surface area contributed by atoms with E-state index in [-0.39, 0.29) is 12.3 Å². The van der Waals surface area contributed by atoms with Crippen LogP contribution in [0, 0.1) is 0 Å². The van der Waals surface area contributed by atoms with Crippen molar-refractivity contribution in [1.82, 2.24) is 5.32 Å². The number of carbonyl (C=O) groups excluding carboxylic acids is 1. The van der Waals surface area contributed by atoms with Crippen molar-refractivity contribution in [3.63, 3.8) is 0 Å². The molecule has 21 heavy (non-hydrogen) atoms. The van der Waals surface area contributed by atoms with E-state index >= 15 is 0 Å². The summed E-state index contributed by atoms with van der Waals surface area (Å²) in [5, 5.41) is 11.9. The molecule has 0 unspecified atom stereocenters. The maximum atomic E-state index is 12.3. The summed E-state index contributed by atoms with van der Waals surface area (Å²) in [7, 11) is 1.55. The van der Waals surface area contributed by atoms with Crippen molar-refractivity contribution in [3.05, 3.63) is 28.2 Å². The Balaban J connectivity index is 2.96. The Kier molecular flexibility index (Phi) is 6.20. The third-order valence-corrected chi connectivity index (χ3v) is 4.26. The Morgan fingerprint density at radius 3 is 2.38 bits per heavy atom. The molecule has 0 radical (unpaired) electrons. The SMILES string of the molecule is CCC(CC)(CC(=O)O)NC(=O)c1ccc(OC)c(Br)c1. The highest BCUT2D eigenvalue weighted by Crippen LogP contribution is 2.26. The lowest BCUT2D eigenvalue weighted by atomic mass is 9.88. The molecule has 5 nitrogen and oxygen atoms in total. The molecule has 0 aliphatic heterocycles. The van der Waals surface area contributed by atoms with Crippen LogP contribution in [0.3, 0.4) is 0 Å². The summed E-state index contributed by atoms with van der Waals surface area (Å²) < 4.78 is 5.79. The highest BCUT2D eigenvalue weighted by Gasteiger charge is 2.31. The van der Waals surface area contributed by atoms with Crippen LogP contribution in [0.5, 0.6) is 5.75 Å². The van der Waals surface area contributed by atoms with E-state index in [2.05, 4.69) is 21.2 Å². The van der Waals surface area contributed by atoms with Crippen molar-refractivity contribution in [2.24, 2.45) is 0 Å². The molecule has 2 N–H and O–H groups in total. The van der Waals surface area contributed by atoms with Gasteiger partial charge in [0.2, 0.25) is 0 Å². The van der Waals surface area contributed by atoms with E-state index in [0.717, 1.165) is 0 Å². The number of benzene rings is 1. The number of amides is 1. The van der Waals surface area contributed by atoms with E-state index in [9.17, 15) is 9.59 Å². The lowest BCUT2D eigenvalue weighted by molar-refractivity contribution is -0.138. The predicted octanol–water partition coefficient (Wildman–Crippen LogP) is 3.22. The van der Waals surface area contributed by atoms with Crippen molar-refractivity contribution >= 4 is 27.8 Å². The normalized spacial score (nSPS) is 11.0. The van der Waals surface area contributed by atoms with Crippen molar-refractivity contribution in [2.75, 3.05) is 7.11 Å². The molecular formula is C15H20BrNO4. The summed E-state index contributed by atoms with van der Waals surface area (Å²) in [4.78, 5) is 23.4. The third-order valence-electron chi connectivity index (χ3n) is 3.64. The van der Waals surface area contributed by atoms with Gasteiger partial charge in [-0.3, -0.25) is 9.59 Å². The van der Waals surface area contributed by atoms with Gasteiger partial charge in [-0.1, -0.05) is 13.8 Å². The molecule has 0 saturated carbocycles. The standard InChI is InChI=1S/C15H20BrNO4/c1-4-15(5-2,9-13(18)19)17-14(20)10-6-7-12(21-3)11(16)8-10/h6-8H,4-5,9H2,1-3H3,(H,17,20)(H,18,19). The number of nitrogens with one attached hydrogen (secondary N) is 1. The largest absolute Gasteiger partial charge is 0.496 e. The topological polar surface area (TPSA) is 75.6 Å². The van der Waals surface area contributed by atoms with Gasteiger partial charge in [-0.05, 0) is 47.0 Å². The lowest BCUT2D eigenvalue weighted by Gasteiger charge is -2.31. The van der Waals surface area contributed by atoms with Crippen LogP contribution < -0.4 is 10.1 Å². The quantitative estimate of drug-likeness (QED) is 0.785. The molecule has 1 rings (SSSR count). The Morgan fingerprint density at radius 2 is 1.95 bits per heavy atom. The zero-order valence-electron chi connectivity index (χ0n) is 12.4. The fourth-order valence-corrected chi connectivity index (χ4v) is 2.67. The maximum Gasteiger partial charge on any atom is 0.305 e. The average molecular weight is 358 g/mol. The maximum absolute atomic E-state index is 12.3. The van der Waals surface area contributed by atoms with Crippen molar-refractivity contribution in [3.8, 4) is 5.75 Å². The minimum absolute atomic E-state index is 0.0942. The molecule has 0 fully saturated rings. The minimum Gasteiger partial charge on any atom is -0.496 e. The smallest absolute Gasteiger partial charge is 0.305 e. The molecule has 0 heterocycles. The van der Waals surface area contributed by atoms with Crippen LogP contribution in [0.1, 0.15) is 43.5 Å². The first-order valence-corrected chi connectivity index (χ1v) is 7.54. The van der Waals surface area contributed by atoms with Gasteiger partial charge in [0.1, 0.15) is 5.75 Å². The number of methoxy groups -OCH3 is 1. The van der Waals surface area contributed by atoms with Gasteiger partial charge >= 0.3 is 5.97 Å². The van der Waals surface area contributed by atoms with E-state index in [0.29, 0.717) is 28.6 Å². The average Bonchev–Trinajstić information content (AvgIpc) is 2.45. The van der Waals surface area contributed by atoms with Gasteiger partial charge in [0.25, 0.3) is 5.91 Å². The molecule has 0 atom stereocenters. The molecule has 0 saturated heterocycles. The van der Waals surface area contributed by atoms with Gasteiger partial charge in [0, 0.05) is 5.56 Å². The number of carboxylic acids is 1. The van der Waals surface area contributed by atoms with Gasteiger partial charge in [-0.2, -0.15) is 0 Å². The number of hydrogen-bond acceptors (Lipinski definition) is 3. The molecule has 0 aromatic heterocycles. The van der Waals surface area contributed by atoms with Crippen molar-refractivity contribution in [1.29, 1.82) is 0 Å². The summed E-state index contributed by atoms with van der Waals surface area (Å²) >= 11 is 3.33. The van der Waals surface area contributed by atoms with E-state index in [4.69, 9.17) is 9.84 Å². The summed E-state index contributed by atoms with van der Waals surface area (Å²) in [6.45, 7) is 3.74. The number of ether oxygens (including phenoxy) is 1. The Bertz CT molecular complexity index is 526. The number of hydrogen-bond donors (Lipinski definition) is 2. The number of carboxylic acid groups (broad SMARTS) is 1. The van der Waals surface area contributed by atoms with Gasteiger partial charge in [-0.25, -0.2) is 0 Å². The van der Waals surface area contributed by atoms with Crippen molar-refractivity contribution < 1.29 is 19.4 Å². The molecule has 0 bridgehead atoms. The molecule has 0 aliphatic rings. The van der Waals surface area contributed by atoms with Crippen LogP contribution in [0.25, 0.3) is 0 Å². The van der Waals surface area contributed by atoms with E-state index in [1.165, 1.54) is 0 Å². The van der Waals surface area contributed by atoms with Crippen LogP contribution >= 0.6 is 15.9 Å². The summed E-state index contributed by atoms with van der Waals surface area (Å²) in [6, 6.07) is 5.00. The highest BCUT2D eigenvalue weighted by molar-refractivity contribution is 9.10. The second-order valence-corrected chi connectivity index (χ2v) is 5.72. The first-order valence-electron chi connectivity index (χ1n) is 6.75. The minimum atomic E-state index is -0.921. The predicted molar refractivity (Wildman–Crippen MR) is 83.7 cm³/mol. The molecule has 6 heteroatoms. The Hall–Kier alpha value is -1.56. The molecule has 0 aliphatic carbocycles. The zero-order valence-corrected chi connectivity index (χ0v) is 14.0. The highest BCUT2D eigenvalue weighted by atomic mass is 79.9. The third kappa shape index (κ3) is 4.46. The van der Waals surface area contributed by atoms with E-state index in [1.807, 2.05) is 13.8 Å².